The van der Waals surface area contributed by atoms with Gasteiger partial charge < -0.3 is 16.2 Å². The number of carboxylic acids is 1. The average Bonchev–Trinajstić information content (AvgIpc) is 2.34. The highest BCUT2D eigenvalue weighted by Crippen LogP contribution is 2.13. The molecule has 0 aliphatic heterocycles. The predicted octanol–water partition coefficient (Wildman–Crippen LogP) is 0.708. The number of carboxylic acid groups (broad SMARTS) is 1. The van der Waals surface area contributed by atoms with Gasteiger partial charge in [0.2, 0.25) is 5.91 Å². The molecule has 4 N–H and O–H groups in total. The van der Waals surface area contributed by atoms with Crippen LogP contribution in [0.2, 0.25) is 0 Å². The summed E-state index contributed by atoms with van der Waals surface area (Å²) >= 11 is 0. The van der Waals surface area contributed by atoms with Gasteiger partial charge in [-0.1, -0.05) is 37.3 Å². The van der Waals surface area contributed by atoms with Gasteiger partial charge in [-0.15, -0.1) is 0 Å². The van der Waals surface area contributed by atoms with Gasteiger partial charge in [0, 0.05) is 6.54 Å². The van der Waals surface area contributed by atoms with E-state index in [0.29, 0.717) is 6.54 Å². The first-order valence-corrected chi connectivity index (χ1v) is 5.80. The lowest BCUT2D eigenvalue weighted by atomic mass is 10.0. The van der Waals surface area contributed by atoms with Crippen LogP contribution in [0.5, 0.6) is 0 Å². The maximum Gasteiger partial charge on any atom is 0.321 e. The van der Waals surface area contributed by atoms with E-state index in [4.69, 9.17) is 10.8 Å². The number of primary amides is 1. The zero-order valence-corrected chi connectivity index (χ0v) is 10.3. The van der Waals surface area contributed by atoms with Crippen LogP contribution in [0.3, 0.4) is 0 Å². The van der Waals surface area contributed by atoms with E-state index in [2.05, 4.69) is 5.32 Å². The average molecular weight is 250 g/mol. The number of nitrogens with one attached hydrogen (secondary N) is 1. The fourth-order valence-electron chi connectivity index (χ4n) is 1.67. The Morgan fingerprint density at radius 1 is 1.33 bits per heavy atom. The lowest BCUT2D eigenvalue weighted by molar-refractivity contribution is -0.141. The van der Waals surface area contributed by atoms with Gasteiger partial charge in [-0.05, 0) is 11.5 Å². The van der Waals surface area contributed by atoms with Crippen molar-refractivity contribution in [3.8, 4) is 0 Å². The zero-order chi connectivity index (χ0) is 13.5. The third kappa shape index (κ3) is 4.55. The number of hydrogen-bond acceptors (Lipinski definition) is 3. The predicted molar refractivity (Wildman–Crippen MR) is 68.1 cm³/mol. The van der Waals surface area contributed by atoms with Gasteiger partial charge in [0.05, 0.1) is 6.42 Å². The Hall–Kier alpha value is -1.88. The molecule has 1 unspecified atom stereocenters. The van der Waals surface area contributed by atoms with Crippen LogP contribution in [-0.2, 0) is 9.59 Å². The number of benzene rings is 1. The van der Waals surface area contributed by atoms with Crippen LogP contribution in [0, 0.1) is 0 Å². The minimum atomic E-state index is -1.06. The Labute approximate surface area is 106 Å². The van der Waals surface area contributed by atoms with Crippen molar-refractivity contribution in [2.24, 2.45) is 5.73 Å². The molecule has 0 saturated heterocycles. The fourth-order valence-corrected chi connectivity index (χ4v) is 1.67. The summed E-state index contributed by atoms with van der Waals surface area (Å²) < 4.78 is 0. The van der Waals surface area contributed by atoms with E-state index in [-0.39, 0.29) is 12.3 Å². The Morgan fingerprint density at radius 2 is 1.94 bits per heavy atom. The van der Waals surface area contributed by atoms with Crippen LogP contribution in [0.1, 0.15) is 24.8 Å². The minimum absolute atomic E-state index is 0.168. The molecule has 2 atom stereocenters. The maximum absolute atomic E-state index is 10.9. The molecule has 1 rings (SSSR count). The second-order valence-corrected chi connectivity index (χ2v) is 4.28. The number of carbonyl (C=O) groups is 2. The molecule has 0 fully saturated rings. The first-order valence-electron chi connectivity index (χ1n) is 5.80. The largest absolute Gasteiger partial charge is 0.480 e. The van der Waals surface area contributed by atoms with Crippen LogP contribution in [-0.4, -0.2) is 29.6 Å². The first kappa shape index (κ1) is 14.2. The van der Waals surface area contributed by atoms with Crippen LogP contribution in [0.4, 0.5) is 0 Å². The lowest BCUT2D eigenvalue weighted by Gasteiger charge is -2.17. The van der Waals surface area contributed by atoms with E-state index in [1.54, 1.807) is 0 Å². The van der Waals surface area contributed by atoms with E-state index in [0.717, 1.165) is 5.56 Å². The van der Waals surface area contributed by atoms with Gasteiger partial charge in [0.15, 0.2) is 0 Å². The molecule has 0 radical (unpaired) electrons. The number of carbonyl (C=O) groups excluding carboxylic acids is 1. The van der Waals surface area contributed by atoms with E-state index in [9.17, 15) is 9.59 Å². The fraction of sp³-hybridized carbons (Fsp3) is 0.385. The van der Waals surface area contributed by atoms with E-state index < -0.39 is 17.9 Å². The monoisotopic (exact) mass is 250 g/mol. The number of hydrogen-bond donors (Lipinski definition) is 3. The number of nitrogens with two attached hydrogens (primary N) is 1. The number of rotatable bonds is 7. The molecule has 1 aromatic rings. The van der Waals surface area contributed by atoms with Crippen molar-refractivity contribution in [2.75, 3.05) is 6.54 Å². The molecule has 0 spiro atoms. The third-order valence-electron chi connectivity index (χ3n) is 2.74. The quantitative estimate of drug-likeness (QED) is 0.664. The molecule has 0 aromatic heterocycles. The molecular weight excluding hydrogens is 232 g/mol. The minimum Gasteiger partial charge on any atom is -0.480 e. The molecule has 0 heterocycles. The summed E-state index contributed by atoms with van der Waals surface area (Å²) in [6.45, 7) is 2.47. The van der Waals surface area contributed by atoms with Gasteiger partial charge >= 0.3 is 5.97 Å². The van der Waals surface area contributed by atoms with Crippen molar-refractivity contribution >= 4 is 11.9 Å². The van der Waals surface area contributed by atoms with Gasteiger partial charge in [0.1, 0.15) is 6.04 Å². The van der Waals surface area contributed by atoms with Gasteiger partial charge in [-0.3, -0.25) is 9.59 Å². The zero-order valence-electron chi connectivity index (χ0n) is 10.3. The van der Waals surface area contributed by atoms with Crippen molar-refractivity contribution in [3.63, 3.8) is 0 Å². The standard InChI is InChI=1S/C13H18N2O3/c1-9(10-5-3-2-4-6-10)8-15-11(13(17)18)7-12(14)16/h2-6,9,11,15H,7-8H2,1H3,(H2,14,16)(H,17,18)/t9?,11-/m0/s1. The topological polar surface area (TPSA) is 92.4 Å². The molecule has 0 aliphatic carbocycles. The normalized spacial score (nSPS) is 13.8. The third-order valence-corrected chi connectivity index (χ3v) is 2.74. The number of amides is 1. The Balaban J connectivity index is 2.52. The van der Waals surface area contributed by atoms with Crippen molar-refractivity contribution < 1.29 is 14.7 Å². The molecule has 0 bridgehead atoms. The summed E-state index contributed by atoms with van der Waals surface area (Å²) in [7, 11) is 0. The molecule has 98 valence electrons. The first-order chi connectivity index (χ1) is 8.50. The van der Waals surface area contributed by atoms with E-state index in [1.807, 2.05) is 37.3 Å². The molecule has 5 nitrogen and oxygen atoms in total. The van der Waals surface area contributed by atoms with E-state index >= 15 is 0 Å². The Morgan fingerprint density at radius 3 is 2.44 bits per heavy atom. The Kier molecular flexibility index (Phi) is 5.32. The van der Waals surface area contributed by atoms with Crippen LogP contribution in [0.15, 0.2) is 30.3 Å². The summed E-state index contributed by atoms with van der Waals surface area (Å²) in [5.74, 6) is -1.52. The van der Waals surface area contributed by atoms with Crippen molar-refractivity contribution in [2.45, 2.75) is 25.3 Å². The highest BCUT2D eigenvalue weighted by atomic mass is 16.4. The van der Waals surface area contributed by atoms with Crippen molar-refractivity contribution in [1.29, 1.82) is 0 Å². The summed E-state index contributed by atoms with van der Waals surface area (Å²) in [6, 6.07) is 8.84. The van der Waals surface area contributed by atoms with Gasteiger partial charge in [-0.2, -0.15) is 0 Å². The molecule has 0 aliphatic rings. The smallest absolute Gasteiger partial charge is 0.321 e. The molecule has 0 saturated carbocycles. The number of aliphatic carboxylic acids is 1. The van der Waals surface area contributed by atoms with Crippen LogP contribution >= 0.6 is 0 Å². The molecule has 1 aromatic carbocycles. The summed E-state index contributed by atoms with van der Waals surface area (Å²) in [5, 5.41) is 11.8. The molecule has 18 heavy (non-hydrogen) atoms. The van der Waals surface area contributed by atoms with Gasteiger partial charge in [-0.25, -0.2) is 0 Å². The van der Waals surface area contributed by atoms with E-state index in [1.165, 1.54) is 0 Å². The SMILES string of the molecule is CC(CN[C@@H](CC(N)=O)C(=O)O)c1ccccc1. The van der Waals surface area contributed by atoms with Crippen LogP contribution < -0.4 is 11.1 Å². The second kappa shape index (κ2) is 6.76. The van der Waals surface area contributed by atoms with Crippen LogP contribution in [0.25, 0.3) is 0 Å². The highest BCUT2D eigenvalue weighted by Gasteiger charge is 2.20. The Bertz CT molecular complexity index is 406. The van der Waals surface area contributed by atoms with Crippen molar-refractivity contribution in [1.82, 2.24) is 5.32 Å². The molecule has 1 amide bonds. The summed E-state index contributed by atoms with van der Waals surface area (Å²) in [6.07, 6.45) is -0.198. The summed E-state index contributed by atoms with van der Waals surface area (Å²) in [5.41, 5.74) is 6.13. The highest BCUT2D eigenvalue weighted by molar-refractivity contribution is 5.83. The van der Waals surface area contributed by atoms with Crippen molar-refractivity contribution in [3.05, 3.63) is 35.9 Å². The second-order valence-electron chi connectivity index (χ2n) is 4.28. The summed E-state index contributed by atoms with van der Waals surface area (Å²) in [4.78, 5) is 21.7. The van der Waals surface area contributed by atoms with Gasteiger partial charge in [0.25, 0.3) is 0 Å². The molecular formula is C13H18N2O3. The lowest BCUT2D eigenvalue weighted by Crippen LogP contribution is -2.41. The maximum atomic E-state index is 10.9. The molecule has 5 heteroatoms.